The third kappa shape index (κ3) is 2.35. The number of aliphatic hydroxyl groups excluding tert-OH is 1. The Hall–Kier alpha value is -1.51. The van der Waals surface area contributed by atoms with Gasteiger partial charge in [0.05, 0.1) is 0 Å². The highest BCUT2D eigenvalue weighted by molar-refractivity contribution is 6.30. The largest absolute Gasteiger partial charge is 0.399 e. The molecule has 0 saturated carbocycles. The van der Waals surface area contributed by atoms with Gasteiger partial charge in [-0.1, -0.05) is 35.9 Å². The molecule has 0 spiro atoms. The quantitative estimate of drug-likeness (QED) is 0.784. The van der Waals surface area contributed by atoms with Crippen LogP contribution in [0, 0.1) is 0 Å². The van der Waals surface area contributed by atoms with Crippen LogP contribution in [0.25, 0.3) is 0 Å². The topological polar surface area (TPSA) is 46.2 Å². The van der Waals surface area contributed by atoms with Gasteiger partial charge in [-0.25, -0.2) is 0 Å². The van der Waals surface area contributed by atoms with E-state index in [0.717, 1.165) is 11.1 Å². The van der Waals surface area contributed by atoms with Crippen molar-refractivity contribution in [1.29, 1.82) is 0 Å². The highest BCUT2D eigenvalue weighted by atomic mass is 35.5. The third-order valence-electron chi connectivity index (χ3n) is 2.44. The summed E-state index contributed by atoms with van der Waals surface area (Å²) in [6.45, 7) is 0. The maximum atomic E-state index is 10.1. The Labute approximate surface area is 99.3 Å². The summed E-state index contributed by atoms with van der Waals surface area (Å²) in [5, 5.41) is 10.8. The zero-order valence-electron chi connectivity index (χ0n) is 8.60. The molecule has 0 amide bonds. The summed E-state index contributed by atoms with van der Waals surface area (Å²) in [7, 11) is 0. The smallest absolute Gasteiger partial charge is 0.104 e. The molecular weight excluding hydrogens is 222 g/mol. The summed E-state index contributed by atoms with van der Waals surface area (Å²) in [6, 6.07) is 14.3. The number of nitrogen functional groups attached to an aromatic ring is 1. The molecule has 3 heteroatoms. The molecular formula is C13H12ClNO. The minimum absolute atomic E-state index is 0.641. The van der Waals surface area contributed by atoms with E-state index in [1.807, 2.05) is 24.3 Å². The second-order valence-corrected chi connectivity index (χ2v) is 4.06. The Morgan fingerprint density at radius 3 is 1.81 bits per heavy atom. The SMILES string of the molecule is Nc1ccc([C@H](O)c2ccc(Cl)cc2)cc1. The molecule has 0 aliphatic carbocycles. The highest BCUT2D eigenvalue weighted by Gasteiger charge is 2.09. The number of hydrogen-bond acceptors (Lipinski definition) is 2. The zero-order valence-corrected chi connectivity index (χ0v) is 9.35. The van der Waals surface area contributed by atoms with Crippen LogP contribution in [-0.2, 0) is 0 Å². The fraction of sp³-hybridized carbons (Fsp3) is 0.0769. The van der Waals surface area contributed by atoms with Gasteiger partial charge in [-0.3, -0.25) is 0 Å². The highest BCUT2D eigenvalue weighted by Crippen LogP contribution is 2.23. The van der Waals surface area contributed by atoms with Crippen molar-refractivity contribution in [1.82, 2.24) is 0 Å². The first-order valence-electron chi connectivity index (χ1n) is 4.96. The number of benzene rings is 2. The average molecular weight is 234 g/mol. The van der Waals surface area contributed by atoms with Crippen LogP contribution < -0.4 is 5.73 Å². The first-order chi connectivity index (χ1) is 7.66. The van der Waals surface area contributed by atoms with E-state index in [2.05, 4.69) is 0 Å². The Bertz CT molecular complexity index is 419. The molecule has 2 aromatic rings. The van der Waals surface area contributed by atoms with Gasteiger partial charge in [-0.05, 0) is 35.4 Å². The maximum Gasteiger partial charge on any atom is 0.104 e. The molecule has 16 heavy (non-hydrogen) atoms. The molecule has 0 unspecified atom stereocenters. The van der Waals surface area contributed by atoms with Crippen LogP contribution in [0.1, 0.15) is 17.2 Å². The molecule has 0 aliphatic heterocycles. The molecule has 0 saturated heterocycles. The van der Waals surface area contributed by atoms with Crippen LogP contribution in [-0.4, -0.2) is 5.11 Å². The fourth-order valence-corrected chi connectivity index (χ4v) is 1.64. The minimum atomic E-state index is -0.641. The third-order valence-corrected chi connectivity index (χ3v) is 2.69. The molecule has 0 heterocycles. The van der Waals surface area contributed by atoms with E-state index in [9.17, 15) is 5.11 Å². The molecule has 2 aromatic carbocycles. The van der Waals surface area contributed by atoms with E-state index in [1.54, 1.807) is 24.3 Å². The Kier molecular flexibility index (Phi) is 3.13. The zero-order chi connectivity index (χ0) is 11.5. The molecule has 0 aromatic heterocycles. The van der Waals surface area contributed by atoms with E-state index in [-0.39, 0.29) is 0 Å². The van der Waals surface area contributed by atoms with Gasteiger partial charge in [0, 0.05) is 10.7 Å². The molecule has 0 fully saturated rings. The predicted octanol–water partition coefficient (Wildman–Crippen LogP) is 3.00. The lowest BCUT2D eigenvalue weighted by atomic mass is 10.0. The number of halogens is 1. The molecule has 0 bridgehead atoms. The van der Waals surface area contributed by atoms with Gasteiger partial charge in [-0.2, -0.15) is 0 Å². The minimum Gasteiger partial charge on any atom is -0.399 e. The van der Waals surface area contributed by atoms with Gasteiger partial charge >= 0.3 is 0 Å². The number of hydrogen-bond donors (Lipinski definition) is 2. The summed E-state index contributed by atoms with van der Waals surface area (Å²) >= 11 is 5.78. The van der Waals surface area contributed by atoms with Crippen LogP contribution in [0.15, 0.2) is 48.5 Å². The molecule has 0 radical (unpaired) electrons. The van der Waals surface area contributed by atoms with E-state index in [0.29, 0.717) is 10.7 Å². The van der Waals surface area contributed by atoms with Gasteiger partial charge in [0.15, 0.2) is 0 Å². The van der Waals surface area contributed by atoms with E-state index in [4.69, 9.17) is 17.3 Å². The van der Waals surface area contributed by atoms with Crippen molar-refractivity contribution >= 4 is 17.3 Å². The Balaban J connectivity index is 2.28. The van der Waals surface area contributed by atoms with Gasteiger partial charge < -0.3 is 10.8 Å². The van der Waals surface area contributed by atoms with Crippen LogP contribution in [0.2, 0.25) is 5.02 Å². The summed E-state index contributed by atoms with van der Waals surface area (Å²) in [6.07, 6.45) is -0.641. The van der Waals surface area contributed by atoms with Crippen molar-refractivity contribution < 1.29 is 5.11 Å². The second kappa shape index (κ2) is 4.56. The van der Waals surface area contributed by atoms with Gasteiger partial charge in [0.2, 0.25) is 0 Å². The van der Waals surface area contributed by atoms with Gasteiger partial charge in [-0.15, -0.1) is 0 Å². The molecule has 0 aliphatic rings. The number of nitrogens with two attached hydrogens (primary N) is 1. The molecule has 2 nitrogen and oxygen atoms in total. The maximum absolute atomic E-state index is 10.1. The second-order valence-electron chi connectivity index (χ2n) is 3.62. The van der Waals surface area contributed by atoms with Crippen molar-refractivity contribution in [3.05, 3.63) is 64.7 Å². The van der Waals surface area contributed by atoms with E-state index >= 15 is 0 Å². The molecule has 82 valence electrons. The lowest BCUT2D eigenvalue weighted by Crippen LogP contribution is -1.99. The van der Waals surface area contributed by atoms with Crippen molar-refractivity contribution in [2.45, 2.75) is 6.10 Å². The Morgan fingerprint density at radius 2 is 1.31 bits per heavy atom. The average Bonchev–Trinajstić information content (AvgIpc) is 2.30. The van der Waals surface area contributed by atoms with Crippen molar-refractivity contribution in [2.24, 2.45) is 0 Å². The van der Waals surface area contributed by atoms with E-state index < -0.39 is 6.10 Å². The summed E-state index contributed by atoms with van der Waals surface area (Å²) < 4.78 is 0. The first kappa shape index (κ1) is 11.0. The fourth-order valence-electron chi connectivity index (χ4n) is 1.52. The standard InChI is InChI=1S/C13H12ClNO/c14-11-5-1-9(2-6-11)13(16)10-3-7-12(15)8-4-10/h1-8,13,16H,15H2/t13-/m1/s1. The number of rotatable bonds is 2. The monoisotopic (exact) mass is 233 g/mol. The lowest BCUT2D eigenvalue weighted by molar-refractivity contribution is 0.220. The first-order valence-corrected chi connectivity index (χ1v) is 5.33. The van der Waals surface area contributed by atoms with Crippen molar-refractivity contribution in [3.8, 4) is 0 Å². The normalized spacial score (nSPS) is 12.4. The van der Waals surface area contributed by atoms with Gasteiger partial charge in [0.25, 0.3) is 0 Å². The summed E-state index contributed by atoms with van der Waals surface area (Å²) in [5.74, 6) is 0. The predicted molar refractivity (Wildman–Crippen MR) is 66.4 cm³/mol. The molecule has 2 rings (SSSR count). The van der Waals surface area contributed by atoms with Crippen molar-refractivity contribution in [2.75, 3.05) is 5.73 Å². The van der Waals surface area contributed by atoms with Crippen LogP contribution in [0.4, 0.5) is 5.69 Å². The Morgan fingerprint density at radius 1 is 0.875 bits per heavy atom. The number of anilines is 1. The van der Waals surface area contributed by atoms with Crippen LogP contribution in [0.3, 0.4) is 0 Å². The van der Waals surface area contributed by atoms with Crippen molar-refractivity contribution in [3.63, 3.8) is 0 Å². The number of aliphatic hydroxyl groups is 1. The summed E-state index contributed by atoms with van der Waals surface area (Å²) in [4.78, 5) is 0. The summed E-state index contributed by atoms with van der Waals surface area (Å²) in [5.41, 5.74) is 7.90. The van der Waals surface area contributed by atoms with E-state index in [1.165, 1.54) is 0 Å². The van der Waals surface area contributed by atoms with Crippen LogP contribution in [0.5, 0.6) is 0 Å². The molecule has 3 N–H and O–H groups in total. The van der Waals surface area contributed by atoms with Gasteiger partial charge in [0.1, 0.15) is 6.10 Å². The molecule has 1 atom stereocenters. The lowest BCUT2D eigenvalue weighted by Gasteiger charge is -2.11. The van der Waals surface area contributed by atoms with Crippen LogP contribution >= 0.6 is 11.6 Å².